The molecule has 0 fully saturated rings. The molecule has 1 aliphatic rings. The Balaban J connectivity index is 1.81. The monoisotopic (exact) mass is 408 g/mol. The summed E-state index contributed by atoms with van der Waals surface area (Å²) in [6, 6.07) is 14.1. The lowest BCUT2D eigenvalue weighted by atomic mass is 10.0. The third-order valence-corrected chi connectivity index (χ3v) is 4.74. The molecule has 0 aromatic heterocycles. The van der Waals surface area contributed by atoms with E-state index in [-0.39, 0.29) is 6.42 Å². The number of fused-ring (bicyclic) bond motifs is 1. The van der Waals surface area contributed by atoms with Crippen LogP contribution in [0.1, 0.15) is 19.4 Å². The first-order valence-electron chi connectivity index (χ1n) is 9.63. The van der Waals surface area contributed by atoms with E-state index in [0.717, 1.165) is 11.3 Å². The lowest BCUT2D eigenvalue weighted by molar-refractivity contribution is -0.141. The topological polar surface area (TPSA) is 111 Å². The molecular formula is C22H24N4O4. The van der Waals surface area contributed by atoms with Gasteiger partial charge in [-0.15, -0.1) is 0 Å². The lowest BCUT2D eigenvalue weighted by Crippen LogP contribution is -2.55. The predicted octanol–water partition coefficient (Wildman–Crippen LogP) is 2.51. The number of urea groups is 1. The first-order valence-corrected chi connectivity index (χ1v) is 9.63. The van der Waals surface area contributed by atoms with Gasteiger partial charge in [0.2, 0.25) is 5.91 Å². The van der Waals surface area contributed by atoms with Crippen molar-refractivity contribution in [1.29, 1.82) is 0 Å². The fraction of sp³-hybridized carbons (Fsp3) is 0.273. The number of benzene rings is 2. The van der Waals surface area contributed by atoms with Crippen LogP contribution in [0.15, 0.2) is 59.6 Å². The molecule has 3 rings (SSSR count). The number of carboxylic acids is 1. The first-order chi connectivity index (χ1) is 14.3. The smallest absolute Gasteiger partial charge is 0.325 e. The second-order valence-corrected chi connectivity index (χ2v) is 7.18. The van der Waals surface area contributed by atoms with Crippen molar-refractivity contribution in [2.45, 2.75) is 32.4 Å². The summed E-state index contributed by atoms with van der Waals surface area (Å²) in [5, 5.41) is 14.3. The molecule has 1 aliphatic heterocycles. The number of nitrogens with zero attached hydrogens (tertiary/aromatic N) is 2. The van der Waals surface area contributed by atoms with Crippen LogP contribution in [0.3, 0.4) is 0 Å². The molecule has 1 heterocycles. The first kappa shape index (κ1) is 21.0. The minimum Gasteiger partial charge on any atom is -0.480 e. The molecule has 0 bridgehead atoms. The Hall–Kier alpha value is -3.68. The van der Waals surface area contributed by atoms with Crippen LogP contribution in [0.2, 0.25) is 0 Å². The van der Waals surface area contributed by atoms with Gasteiger partial charge >= 0.3 is 12.0 Å². The Morgan fingerprint density at radius 2 is 1.73 bits per heavy atom. The van der Waals surface area contributed by atoms with Gasteiger partial charge in [-0.25, -0.2) is 4.79 Å². The molecule has 0 aliphatic carbocycles. The third kappa shape index (κ3) is 5.02. The average molecular weight is 408 g/mol. The number of para-hydroxylation sites is 2. The number of hydrogen-bond donors (Lipinski definition) is 3. The van der Waals surface area contributed by atoms with E-state index in [1.807, 2.05) is 55.5 Å². The SMILES string of the molecule is CC1=Nc2ccccc2N(C(=O)N[C@@H](Cc2ccccc2)C(=O)N[C@@H](C)C(=O)O)C1. The van der Waals surface area contributed by atoms with Gasteiger partial charge in [0.15, 0.2) is 0 Å². The van der Waals surface area contributed by atoms with E-state index in [4.69, 9.17) is 5.11 Å². The molecule has 0 spiro atoms. The van der Waals surface area contributed by atoms with Crippen LogP contribution < -0.4 is 15.5 Å². The van der Waals surface area contributed by atoms with E-state index >= 15 is 0 Å². The highest BCUT2D eigenvalue weighted by molar-refractivity contribution is 6.06. The van der Waals surface area contributed by atoms with Crippen LogP contribution in [0.25, 0.3) is 0 Å². The fourth-order valence-electron chi connectivity index (χ4n) is 3.18. The van der Waals surface area contributed by atoms with Crippen LogP contribution >= 0.6 is 0 Å². The molecule has 0 saturated heterocycles. The number of amides is 3. The number of hydrogen-bond acceptors (Lipinski definition) is 4. The zero-order valence-corrected chi connectivity index (χ0v) is 16.8. The van der Waals surface area contributed by atoms with Gasteiger partial charge in [0.05, 0.1) is 17.9 Å². The summed E-state index contributed by atoms with van der Waals surface area (Å²) in [4.78, 5) is 43.0. The Morgan fingerprint density at radius 3 is 2.43 bits per heavy atom. The summed E-state index contributed by atoms with van der Waals surface area (Å²) in [7, 11) is 0. The van der Waals surface area contributed by atoms with Crippen LogP contribution in [-0.4, -0.2) is 47.4 Å². The van der Waals surface area contributed by atoms with E-state index in [1.54, 1.807) is 6.07 Å². The van der Waals surface area contributed by atoms with Crippen LogP contribution in [0.4, 0.5) is 16.2 Å². The number of aliphatic carboxylic acids is 1. The normalized spacial score (nSPS) is 14.7. The molecule has 0 radical (unpaired) electrons. The molecule has 2 atom stereocenters. The summed E-state index contributed by atoms with van der Waals surface area (Å²) in [6.45, 7) is 3.51. The highest BCUT2D eigenvalue weighted by Gasteiger charge is 2.29. The summed E-state index contributed by atoms with van der Waals surface area (Å²) >= 11 is 0. The molecule has 2 aromatic rings. The van der Waals surface area contributed by atoms with E-state index < -0.39 is 30.0 Å². The van der Waals surface area contributed by atoms with Crippen molar-refractivity contribution in [3.8, 4) is 0 Å². The summed E-state index contributed by atoms with van der Waals surface area (Å²) in [5.41, 5.74) is 2.95. The standard InChI is InChI=1S/C22H24N4O4/c1-14-13-26(19-11-7-6-10-17(19)23-14)22(30)25-18(12-16-8-4-3-5-9-16)20(27)24-15(2)21(28)29/h3-11,15,18H,12-13H2,1-2H3,(H,24,27)(H,25,30)(H,28,29)/t15-,18-/m0/s1. The molecule has 2 aromatic carbocycles. The molecule has 3 N–H and O–H groups in total. The minimum absolute atomic E-state index is 0.229. The maximum atomic E-state index is 13.1. The van der Waals surface area contributed by atoms with Crippen LogP contribution in [0, 0.1) is 0 Å². The zero-order valence-electron chi connectivity index (χ0n) is 16.8. The molecule has 8 nitrogen and oxygen atoms in total. The number of carbonyl (C=O) groups is 3. The fourth-order valence-corrected chi connectivity index (χ4v) is 3.18. The predicted molar refractivity (Wildman–Crippen MR) is 114 cm³/mol. The molecule has 0 saturated carbocycles. The van der Waals surface area contributed by atoms with Gasteiger partial charge in [0.1, 0.15) is 12.1 Å². The van der Waals surface area contributed by atoms with Crippen LogP contribution in [0.5, 0.6) is 0 Å². The van der Waals surface area contributed by atoms with Gasteiger partial charge in [-0.2, -0.15) is 0 Å². The zero-order chi connectivity index (χ0) is 21.7. The summed E-state index contributed by atoms with van der Waals surface area (Å²) in [5.74, 6) is -1.71. The largest absolute Gasteiger partial charge is 0.480 e. The van der Waals surface area contributed by atoms with Crippen molar-refractivity contribution < 1.29 is 19.5 Å². The summed E-state index contributed by atoms with van der Waals surface area (Å²) < 4.78 is 0. The van der Waals surface area contributed by atoms with Crippen molar-refractivity contribution in [3.05, 3.63) is 60.2 Å². The molecule has 0 unspecified atom stereocenters. The van der Waals surface area contributed by atoms with Crippen molar-refractivity contribution in [3.63, 3.8) is 0 Å². The maximum absolute atomic E-state index is 13.1. The molecule has 156 valence electrons. The number of aliphatic imine (C=N–C) groups is 1. The van der Waals surface area contributed by atoms with Gasteiger partial charge in [0, 0.05) is 12.1 Å². The molecule has 3 amide bonds. The van der Waals surface area contributed by atoms with Crippen molar-refractivity contribution >= 4 is 35.0 Å². The Kier molecular flexibility index (Phi) is 6.46. The van der Waals surface area contributed by atoms with Gasteiger partial charge in [-0.1, -0.05) is 42.5 Å². The van der Waals surface area contributed by atoms with E-state index in [9.17, 15) is 14.4 Å². The third-order valence-electron chi connectivity index (χ3n) is 4.74. The Bertz CT molecular complexity index is 974. The van der Waals surface area contributed by atoms with E-state index in [1.165, 1.54) is 11.8 Å². The quantitative estimate of drug-likeness (QED) is 0.682. The number of carboxylic acid groups (broad SMARTS) is 1. The number of anilines is 1. The van der Waals surface area contributed by atoms with Gasteiger partial charge in [-0.3, -0.25) is 19.5 Å². The van der Waals surface area contributed by atoms with E-state index in [0.29, 0.717) is 17.9 Å². The number of nitrogens with one attached hydrogen (secondary N) is 2. The van der Waals surface area contributed by atoms with Gasteiger partial charge in [0.25, 0.3) is 0 Å². The van der Waals surface area contributed by atoms with Crippen molar-refractivity contribution in [2.75, 3.05) is 11.4 Å². The summed E-state index contributed by atoms with van der Waals surface area (Å²) in [6.07, 6.45) is 0.229. The van der Waals surface area contributed by atoms with Crippen LogP contribution in [-0.2, 0) is 16.0 Å². The van der Waals surface area contributed by atoms with Gasteiger partial charge in [-0.05, 0) is 31.5 Å². The Labute approximate surface area is 174 Å². The average Bonchev–Trinajstić information content (AvgIpc) is 2.73. The number of rotatable bonds is 6. The highest BCUT2D eigenvalue weighted by Crippen LogP contribution is 2.31. The molecular weight excluding hydrogens is 384 g/mol. The van der Waals surface area contributed by atoms with Gasteiger partial charge < -0.3 is 15.7 Å². The Morgan fingerprint density at radius 1 is 1.07 bits per heavy atom. The minimum atomic E-state index is -1.15. The lowest BCUT2D eigenvalue weighted by Gasteiger charge is -2.30. The molecule has 8 heteroatoms. The molecule has 30 heavy (non-hydrogen) atoms. The van der Waals surface area contributed by atoms with Crippen molar-refractivity contribution in [2.24, 2.45) is 4.99 Å². The number of carbonyl (C=O) groups excluding carboxylic acids is 2. The van der Waals surface area contributed by atoms with E-state index in [2.05, 4.69) is 15.6 Å². The highest BCUT2D eigenvalue weighted by atomic mass is 16.4. The maximum Gasteiger partial charge on any atom is 0.325 e. The van der Waals surface area contributed by atoms with Crippen molar-refractivity contribution in [1.82, 2.24) is 10.6 Å². The second-order valence-electron chi connectivity index (χ2n) is 7.18. The second kappa shape index (κ2) is 9.21.